The predicted molar refractivity (Wildman–Crippen MR) is 119 cm³/mol. The highest BCUT2D eigenvalue weighted by molar-refractivity contribution is 5.86. The first-order chi connectivity index (χ1) is 14.3. The molecule has 0 saturated heterocycles. The number of benzene rings is 3. The van der Waals surface area contributed by atoms with Crippen molar-refractivity contribution >= 4 is 29.0 Å². The number of ether oxygens (including phenoxy) is 1. The zero-order chi connectivity index (χ0) is 20.1. The number of rotatable bonds is 8. The Morgan fingerprint density at radius 2 is 1.76 bits per heavy atom. The average Bonchev–Trinajstić information content (AvgIpc) is 3.17. The van der Waals surface area contributed by atoms with E-state index < -0.39 is 0 Å². The molecule has 5 nitrogen and oxygen atoms in total. The Bertz CT molecular complexity index is 1120. The van der Waals surface area contributed by atoms with Crippen molar-refractivity contribution in [2.45, 2.75) is 6.54 Å². The van der Waals surface area contributed by atoms with Crippen LogP contribution in [0.25, 0.3) is 22.0 Å². The Morgan fingerprint density at radius 3 is 2.55 bits per heavy atom. The molecular formula is C24H23N3O2. The van der Waals surface area contributed by atoms with Gasteiger partial charge in [-0.2, -0.15) is 0 Å². The first kappa shape index (κ1) is 18.8. The lowest BCUT2D eigenvalue weighted by Crippen LogP contribution is -2.08. The van der Waals surface area contributed by atoms with Gasteiger partial charge in [-0.3, -0.25) is 4.99 Å². The molecule has 29 heavy (non-hydrogen) atoms. The second-order valence-corrected chi connectivity index (χ2v) is 6.68. The van der Waals surface area contributed by atoms with Gasteiger partial charge in [0, 0.05) is 29.3 Å². The molecule has 146 valence electrons. The third-order valence-corrected chi connectivity index (χ3v) is 4.85. The lowest BCUT2D eigenvalue weighted by molar-refractivity contribution is 0.278. The number of hydrogen-bond donors (Lipinski definition) is 2. The van der Waals surface area contributed by atoms with Gasteiger partial charge >= 0.3 is 0 Å². The molecule has 4 rings (SSSR count). The molecule has 0 amide bonds. The van der Waals surface area contributed by atoms with E-state index in [0.717, 1.165) is 27.7 Å². The molecule has 0 aliphatic carbocycles. The molecule has 0 saturated carbocycles. The first-order valence-corrected chi connectivity index (χ1v) is 9.51. The zero-order valence-corrected chi connectivity index (χ0v) is 16.1. The fourth-order valence-corrected chi connectivity index (χ4v) is 3.38. The number of nitrogens with one attached hydrogen (secondary N) is 1. The van der Waals surface area contributed by atoms with Crippen LogP contribution in [-0.4, -0.2) is 29.7 Å². The molecule has 5 heteroatoms. The largest absolute Gasteiger partial charge is 0.471 e. The van der Waals surface area contributed by atoms with Crippen molar-refractivity contribution < 1.29 is 9.84 Å². The number of fused-ring (bicyclic) bond motifs is 1. The Kier molecular flexibility index (Phi) is 5.59. The van der Waals surface area contributed by atoms with Gasteiger partial charge in [0.15, 0.2) is 6.73 Å². The van der Waals surface area contributed by atoms with Gasteiger partial charge in [-0.15, -0.1) is 0 Å². The molecule has 0 aliphatic rings. The summed E-state index contributed by atoms with van der Waals surface area (Å²) in [6, 6.07) is 24.2. The Morgan fingerprint density at radius 1 is 0.966 bits per heavy atom. The van der Waals surface area contributed by atoms with Crippen LogP contribution in [0.5, 0.6) is 5.75 Å². The first-order valence-electron chi connectivity index (χ1n) is 9.51. The van der Waals surface area contributed by atoms with Crippen LogP contribution in [0.1, 0.15) is 0 Å². The standard InChI is InChI=1S/C24H23N3O2/c1-25-22-16-19(8-10-24(22)29-17-26-21-5-3-2-4-6-21)18-7-9-23-20(15-18)11-12-27(23)13-14-28/h2-12,15-16,26,28H,1,13-14,17H2. The Hall–Kier alpha value is -3.57. The number of nitrogens with zero attached hydrogens (tertiary/aromatic N) is 2. The second-order valence-electron chi connectivity index (χ2n) is 6.68. The molecule has 1 aromatic heterocycles. The summed E-state index contributed by atoms with van der Waals surface area (Å²) in [6.45, 7) is 4.75. The molecule has 0 bridgehead atoms. The Balaban J connectivity index is 1.53. The van der Waals surface area contributed by atoms with Gasteiger partial charge in [-0.05, 0) is 60.3 Å². The quantitative estimate of drug-likeness (QED) is 0.328. The third-order valence-electron chi connectivity index (χ3n) is 4.85. The van der Waals surface area contributed by atoms with Gasteiger partial charge in [0.05, 0.1) is 6.61 Å². The van der Waals surface area contributed by atoms with E-state index in [1.54, 1.807) is 0 Å². The van der Waals surface area contributed by atoms with Crippen LogP contribution < -0.4 is 10.1 Å². The van der Waals surface area contributed by atoms with Crippen molar-refractivity contribution in [1.29, 1.82) is 0 Å². The summed E-state index contributed by atoms with van der Waals surface area (Å²) in [5, 5.41) is 13.5. The minimum absolute atomic E-state index is 0.125. The van der Waals surface area contributed by atoms with Crippen LogP contribution in [0.3, 0.4) is 0 Å². The van der Waals surface area contributed by atoms with E-state index in [2.05, 4.69) is 41.3 Å². The number of aliphatic imine (C=N–C) groups is 1. The number of para-hydroxylation sites is 1. The van der Waals surface area contributed by atoms with Crippen molar-refractivity contribution in [1.82, 2.24) is 4.57 Å². The number of aromatic nitrogens is 1. The normalized spacial score (nSPS) is 10.8. The van der Waals surface area contributed by atoms with E-state index in [-0.39, 0.29) is 6.61 Å². The topological polar surface area (TPSA) is 58.8 Å². The van der Waals surface area contributed by atoms with Crippen LogP contribution >= 0.6 is 0 Å². The van der Waals surface area contributed by atoms with Crippen molar-refractivity contribution in [2.24, 2.45) is 4.99 Å². The highest BCUT2D eigenvalue weighted by atomic mass is 16.5. The average molecular weight is 385 g/mol. The maximum absolute atomic E-state index is 9.19. The van der Waals surface area contributed by atoms with Crippen LogP contribution in [0.2, 0.25) is 0 Å². The number of aliphatic hydroxyl groups excluding tert-OH is 1. The molecule has 3 aromatic carbocycles. The minimum Gasteiger partial charge on any atom is -0.471 e. The van der Waals surface area contributed by atoms with E-state index >= 15 is 0 Å². The molecule has 0 spiro atoms. The molecule has 0 aliphatic heterocycles. The molecular weight excluding hydrogens is 362 g/mol. The van der Waals surface area contributed by atoms with Crippen molar-refractivity contribution in [2.75, 3.05) is 18.7 Å². The molecule has 2 N–H and O–H groups in total. The molecule has 4 aromatic rings. The lowest BCUT2D eigenvalue weighted by atomic mass is 10.0. The summed E-state index contributed by atoms with van der Waals surface area (Å²) < 4.78 is 7.90. The number of hydrogen-bond acceptors (Lipinski definition) is 4. The van der Waals surface area contributed by atoms with Crippen LogP contribution in [0.4, 0.5) is 11.4 Å². The molecule has 0 atom stereocenters. The minimum atomic E-state index is 0.125. The Labute approximate surface area is 169 Å². The van der Waals surface area contributed by atoms with Crippen LogP contribution in [-0.2, 0) is 6.54 Å². The smallest absolute Gasteiger partial charge is 0.159 e. The van der Waals surface area contributed by atoms with Gasteiger partial charge in [-0.25, -0.2) is 0 Å². The van der Waals surface area contributed by atoms with Crippen molar-refractivity contribution in [3.05, 3.63) is 79.0 Å². The van der Waals surface area contributed by atoms with E-state index in [9.17, 15) is 5.11 Å². The fraction of sp³-hybridized carbons (Fsp3) is 0.125. The predicted octanol–water partition coefficient (Wildman–Crippen LogP) is 5.08. The van der Waals surface area contributed by atoms with Gasteiger partial charge < -0.3 is 19.7 Å². The van der Waals surface area contributed by atoms with Gasteiger partial charge in [0.1, 0.15) is 11.4 Å². The highest BCUT2D eigenvalue weighted by Gasteiger charge is 2.08. The zero-order valence-electron chi connectivity index (χ0n) is 16.1. The lowest BCUT2D eigenvalue weighted by Gasteiger charge is -2.12. The summed E-state index contributed by atoms with van der Waals surface area (Å²) >= 11 is 0. The number of anilines is 1. The van der Waals surface area contributed by atoms with Gasteiger partial charge in [0.25, 0.3) is 0 Å². The maximum Gasteiger partial charge on any atom is 0.159 e. The maximum atomic E-state index is 9.19. The summed E-state index contributed by atoms with van der Waals surface area (Å²) in [5.41, 5.74) is 4.96. The third kappa shape index (κ3) is 4.15. The van der Waals surface area contributed by atoms with Gasteiger partial charge in [-0.1, -0.05) is 30.3 Å². The van der Waals surface area contributed by atoms with E-state index in [0.29, 0.717) is 24.7 Å². The van der Waals surface area contributed by atoms with Crippen LogP contribution in [0, 0.1) is 0 Å². The highest BCUT2D eigenvalue weighted by Crippen LogP contribution is 2.34. The molecule has 0 unspecified atom stereocenters. The summed E-state index contributed by atoms with van der Waals surface area (Å²) in [5.74, 6) is 0.683. The van der Waals surface area contributed by atoms with Crippen LogP contribution in [0.15, 0.2) is 84.0 Å². The van der Waals surface area contributed by atoms with Crippen molar-refractivity contribution in [3.8, 4) is 16.9 Å². The summed E-state index contributed by atoms with van der Waals surface area (Å²) in [7, 11) is 0. The number of aliphatic hydroxyl groups is 1. The van der Waals surface area contributed by atoms with E-state index in [1.165, 1.54) is 0 Å². The van der Waals surface area contributed by atoms with Crippen molar-refractivity contribution in [3.63, 3.8) is 0 Å². The molecule has 0 radical (unpaired) electrons. The summed E-state index contributed by atoms with van der Waals surface area (Å²) in [4.78, 5) is 4.14. The SMILES string of the molecule is C=Nc1cc(-c2ccc3c(ccn3CCO)c2)ccc1OCNc1ccccc1. The monoisotopic (exact) mass is 385 g/mol. The van der Waals surface area contributed by atoms with E-state index in [4.69, 9.17) is 4.74 Å². The summed E-state index contributed by atoms with van der Waals surface area (Å²) in [6.07, 6.45) is 2.00. The second kappa shape index (κ2) is 8.63. The van der Waals surface area contributed by atoms with E-state index in [1.807, 2.05) is 59.3 Å². The molecule has 0 fully saturated rings. The van der Waals surface area contributed by atoms with Gasteiger partial charge in [0.2, 0.25) is 0 Å². The molecule has 1 heterocycles. The fourth-order valence-electron chi connectivity index (χ4n) is 3.38.